The number of unbranched alkanes of at least 4 members (excludes halogenated alkanes) is 1. The molecule has 1 N–H and O–H groups in total. The molecule has 234 valence electrons. The van der Waals surface area contributed by atoms with Crippen molar-refractivity contribution in [3.8, 4) is 29.1 Å². The van der Waals surface area contributed by atoms with Crippen LogP contribution >= 0.6 is 0 Å². The van der Waals surface area contributed by atoms with Crippen LogP contribution < -0.4 is 19.1 Å². The second-order valence-corrected chi connectivity index (χ2v) is 10.9. The summed E-state index contributed by atoms with van der Waals surface area (Å²) in [6.07, 6.45) is 3.88. The van der Waals surface area contributed by atoms with Crippen LogP contribution in [0.4, 0.5) is 5.69 Å². The number of piperazine rings is 1. The Hall–Kier alpha value is -4.85. The lowest BCUT2D eigenvalue weighted by Gasteiger charge is -2.35. The minimum atomic E-state index is -0.0863. The fraction of sp³-hybridized carbons (Fsp3) is 0.343. The maximum absolute atomic E-state index is 13.3. The Bertz CT molecular complexity index is 1650. The molecule has 10 nitrogen and oxygen atoms in total. The van der Waals surface area contributed by atoms with Crippen LogP contribution in [0.15, 0.2) is 72.9 Å². The average molecular weight is 610 g/mol. The van der Waals surface area contributed by atoms with Gasteiger partial charge in [0.25, 0.3) is 0 Å². The Kier molecular flexibility index (Phi) is 10.7. The van der Waals surface area contributed by atoms with Crippen LogP contribution in [0.3, 0.4) is 0 Å². The van der Waals surface area contributed by atoms with Gasteiger partial charge < -0.3 is 28.8 Å². The van der Waals surface area contributed by atoms with Crippen LogP contribution in [0.25, 0.3) is 0 Å². The van der Waals surface area contributed by atoms with Gasteiger partial charge in [0.2, 0.25) is 5.91 Å². The summed E-state index contributed by atoms with van der Waals surface area (Å²) in [6.45, 7) is 7.50. The van der Waals surface area contributed by atoms with E-state index in [1.807, 2.05) is 54.4 Å². The molecule has 0 aliphatic carbocycles. The summed E-state index contributed by atoms with van der Waals surface area (Å²) in [5.74, 6) is 3.17. The van der Waals surface area contributed by atoms with Crippen LogP contribution in [-0.2, 0) is 17.9 Å². The first-order valence-electron chi connectivity index (χ1n) is 15.3. The number of aryl methyl sites for hydroxylation is 1. The third-order valence-electron chi connectivity index (χ3n) is 7.64. The van der Waals surface area contributed by atoms with Gasteiger partial charge in [0.05, 0.1) is 36.7 Å². The summed E-state index contributed by atoms with van der Waals surface area (Å²) < 4.78 is 19.7. The van der Waals surface area contributed by atoms with Gasteiger partial charge in [0.1, 0.15) is 41.5 Å². The smallest absolute Gasteiger partial charge is 0.241 e. The van der Waals surface area contributed by atoms with Crippen LogP contribution in [0, 0.1) is 18.3 Å². The van der Waals surface area contributed by atoms with Crippen molar-refractivity contribution in [1.82, 2.24) is 14.5 Å². The van der Waals surface area contributed by atoms with Gasteiger partial charge in [-0.25, -0.2) is 4.98 Å². The second-order valence-electron chi connectivity index (χ2n) is 10.9. The highest BCUT2D eigenvalue weighted by Crippen LogP contribution is 2.31. The highest BCUT2D eigenvalue weighted by molar-refractivity contribution is 5.96. The van der Waals surface area contributed by atoms with Crippen molar-refractivity contribution in [2.45, 2.75) is 39.8 Å². The minimum Gasteiger partial charge on any atom is -0.491 e. The Morgan fingerprint density at radius 3 is 2.60 bits per heavy atom. The van der Waals surface area contributed by atoms with E-state index < -0.39 is 0 Å². The highest BCUT2D eigenvalue weighted by atomic mass is 16.5. The van der Waals surface area contributed by atoms with Gasteiger partial charge in [-0.3, -0.25) is 9.69 Å². The van der Waals surface area contributed by atoms with Crippen molar-refractivity contribution in [2.24, 2.45) is 0 Å². The van der Waals surface area contributed by atoms with E-state index in [9.17, 15) is 10.1 Å². The lowest BCUT2D eigenvalue weighted by molar-refractivity contribution is -0.121. The van der Waals surface area contributed by atoms with E-state index in [0.29, 0.717) is 55.6 Å². The molecule has 0 saturated carbocycles. The number of rotatable bonds is 14. The molecule has 0 spiro atoms. The minimum absolute atomic E-state index is 0.0373. The number of nitrogens with zero attached hydrogens (tertiary/aromatic N) is 5. The number of para-hydroxylation sites is 2. The first-order valence-corrected chi connectivity index (χ1v) is 15.3. The van der Waals surface area contributed by atoms with Crippen LogP contribution in [-0.4, -0.2) is 64.9 Å². The molecule has 0 atom stereocenters. The molecule has 4 aromatic rings. The van der Waals surface area contributed by atoms with E-state index in [0.717, 1.165) is 47.9 Å². The third kappa shape index (κ3) is 8.01. The molecule has 45 heavy (non-hydrogen) atoms. The molecule has 5 rings (SSSR count). The van der Waals surface area contributed by atoms with E-state index in [2.05, 4.69) is 27.4 Å². The molecule has 1 saturated heterocycles. The average Bonchev–Trinajstić information content (AvgIpc) is 3.38. The molecule has 1 aliphatic rings. The maximum Gasteiger partial charge on any atom is 0.241 e. The van der Waals surface area contributed by atoms with Crippen LogP contribution in [0.5, 0.6) is 23.0 Å². The van der Waals surface area contributed by atoms with E-state index in [-0.39, 0.29) is 19.1 Å². The molecule has 2 heterocycles. The standard InChI is InChI=1S/C35H39N5O5/c1-3-4-17-44-33-11-6-5-10-32(33)39-15-14-38(25-35(39)42)24-29-22-37-26(2)40(29)23-27-12-13-28(21-36)34(19-27)45-31-9-7-8-30(20-31)43-18-16-41/h5-13,19-20,22,41H,3-4,14-18,23-25H2,1-2H3. The fourth-order valence-electron chi connectivity index (χ4n) is 5.27. The van der Waals surface area contributed by atoms with Gasteiger partial charge in [0, 0.05) is 38.4 Å². The number of benzene rings is 3. The van der Waals surface area contributed by atoms with Crippen molar-refractivity contribution >= 4 is 11.6 Å². The number of aliphatic hydroxyl groups is 1. The summed E-state index contributed by atoms with van der Waals surface area (Å²) in [6, 6.07) is 22.6. The van der Waals surface area contributed by atoms with Gasteiger partial charge in [-0.1, -0.05) is 37.6 Å². The Morgan fingerprint density at radius 1 is 0.956 bits per heavy atom. The first kappa shape index (κ1) is 31.6. The van der Waals surface area contributed by atoms with Crippen molar-refractivity contribution in [2.75, 3.05) is 44.4 Å². The molecule has 0 bridgehead atoms. The number of hydrogen-bond donors (Lipinski definition) is 1. The van der Waals surface area contributed by atoms with Gasteiger partial charge >= 0.3 is 0 Å². The Morgan fingerprint density at radius 2 is 1.80 bits per heavy atom. The Balaban J connectivity index is 1.26. The molecule has 3 aromatic carbocycles. The predicted octanol–water partition coefficient (Wildman–Crippen LogP) is 5.30. The summed E-state index contributed by atoms with van der Waals surface area (Å²) in [5.41, 5.74) is 3.18. The zero-order chi connectivity index (χ0) is 31.6. The zero-order valence-electron chi connectivity index (χ0n) is 25.8. The van der Waals surface area contributed by atoms with Gasteiger partial charge in [-0.15, -0.1) is 0 Å². The maximum atomic E-state index is 13.3. The van der Waals surface area contributed by atoms with E-state index in [1.165, 1.54) is 0 Å². The number of carbonyl (C=O) groups excluding carboxylic acids is 1. The van der Waals surface area contributed by atoms with Gasteiger partial charge in [-0.2, -0.15) is 5.26 Å². The van der Waals surface area contributed by atoms with Crippen LogP contribution in [0.1, 0.15) is 42.4 Å². The first-order chi connectivity index (χ1) is 22.0. The van der Waals surface area contributed by atoms with Crippen molar-refractivity contribution in [3.05, 3.63) is 95.6 Å². The molecule has 1 aliphatic heterocycles. The summed E-state index contributed by atoms with van der Waals surface area (Å²) in [4.78, 5) is 21.9. The lowest BCUT2D eigenvalue weighted by atomic mass is 10.1. The quantitative estimate of drug-likeness (QED) is 0.192. The summed E-state index contributed by atoms with van der Waals surface area (Å²) in [7, 11) is 0. The number of amides is 1. The van der Waals surface area contributed by atoms with E-state index in [4.69, 9.17) is 19.3 Å². The molecule has 1 aromatic heterocycles. The van der Waals surface area contributed by atoms with Crippen molar-refractivity contribution < 1.29 is 24.1 Å². The number of aromatic nitrogens is 2. The largest absolute Gasteiger partial charge is 0.491 e. The zero-order valence-corrected chi connectivity index (χ0v) is 25.8. The lowest BCUT2D eigenvalue weighted by Crippen LogP contribution is -2.50. The number of anilines is 1. The monoisotopic (exact) mass is 609 g/mol. The normalized spacial score (nSPS) is 13.5. The van der Waals surface area contributed by atoms with Gasteiger partial charge in [0.15, 0.2) is 0 Å². The van der Waals surface area contributed by atoms with Crippen LogP contribution in [0.2, 0.25) is 0 Å². The predicted molar refractivity (Wildman–Crippen MR) is 171 cm³/mol. The number of ether oxygens (including phenoxy) is 3. The second kappa shape index (κ2) is 15.2. The molecule has 1 amide bonds. The van der Waals surface area contributed by atoms with Gasteiger partial charge in [-0.05, 0) is 55.3 Å². The topological polar surface area (TPSA) is 113 Å². The fourth-order valence-corrected chi connectivity index (χ4v) is 5.27. The molecular weight excluding hydrogens is 570 g/mol. The number of carbonyl (C=O) groups is 1. The Labute approximate surface area is 264 Å². The molecule has 10 heteroatoms. The molecular formula is C35H39N5O5. The van der Waals surface area contributed by atoms with Crippen molar-refractivity contribution in [3.63, 3.8) is 0 Å². The molecule has 0 radical (unpaired) electrons. The molecule has 1 fully saturated rings. The van der Waals surface area contributed by atoms with Crippen molar-refractivity contribution in [1.29, 1.82) is 5.26 Å². The summed E-state index contributed by atoms with van der Waals surface area (Å²) in [5, 5.41) is 18.8. The highest BCUT2D eigenvalue weighted by Gasteiger charge is 2.28. The van der Waals surface area contributed by atoms with E-state index in [1.54, 1.807) is 30.3 Å². The molecule has 0 unspecified atom stereocenters. The number of aliphatic hydroxyl groups excluding tert-OH is 1. The number of hydrogen-bond acceptors (Lipinski definition) is 8. The number of imidazole rings is 1. The summed E-state index contributed by atoms with van der Waals surface area (Å²) >= 11 is 0. The third-order valence-corrected chi connectivity index (χ3v) is 7.64. The van der Waals surface area contributed by atoms with E-state index >= 15 is 0 Å². The number of nitriles is 1. The SMILES string of the molecule is CCCCOc1ccccc1N1CCN(Cc2cnc(C)n2Cc2ccc(C#N)c(Oc3cccc(OCCO)c3)c2)CC1=O.